The van der Waals surface area contributed by atoms with Gasteiger partial charge in [-0.2, -0.15) is 0 Å². The van der Waals surface area contributed by atoms with E-state index in [1.54, 1.807) is 0 Å². The monoisotopic (exact) mass is 424 g/mol. The van der Waals surface area contributed by atoms with Crippen molar-refractivity contribution in [2.45, 2.75) is 45.0 Å². The number of anilines is 2. The Kier molecular flexibility index (Phi) is 3.15. The third-order valence-corrected chi connectivity index (χ3v) is 4.01. The Hall–Kier alpha value is -2.70. The Balaban J connectivity index is 1.97. The lowest BCUT2D eigenvalue weighted by molar-refractivity contribution is -0.115. The molecular weight excluding hydrogens is 382 g/mol. The fraction of sp³-hybridized carbons (Fsp3) is 0.304. The summed E-state index contributed by atoms with van der Waals surface area (Å²) >= 11 is 0.862. The van der Waals surface area contributed by atoms with E-state index in [4.69, 9.17) is 26.3 Å². The molecule has 0 saturated carbocycles. The van der Waals surface area contributed by atoms with E-state index >= 15 is 0 Å². The zero-order chi connectivity index (χ0) is 33.9. The van der Waals surface area contributed by atoms with Crippen molar-refractivity contribution >= 4 is 28.1 Å². The first-order chi connectivity index (χ1) is 19.9. The standard InChI is InChI=1S/C23H27N3O2S/c1-16-6-10-18(11-7-16)21(27)5-3-2-4-17-8-12-19(13-9-17)25-22(28)14-20-15-29-23(24)26-20/h6-13,15,21,27H,2-5,14H2,1H3,(H2,24,26)(H,25,28)/t21-/m0/s1/i4D2,5D2,6D,7D,8D,9D,10D,11D,12D,13D,14D2,21D. The molecular formula is C23H27N3O2S. The SMILES string of the molecule is [2H]c1c([2H])c([C@@]([2H])(O)C([2H])([2H])CCC([2H])([2H])c2c([2H])c([2H])c(NC(=O)C([2H])([2H])c3csc(N)n3)c([2H])c2[2H])c([2H])c([2H])c1C. The molecule has 3 rings (SSSR count). The maximum atomic E-state index is 12.7. The second kappa shape index (κ2) is 10.2. The molecule has 3 aromatic rings. The third kappa shape index (κ3) is 6.69. The Morgan fingerprint density at radius 3 is 2.66 bits per heavy atom. The highest BCUT2D eigenvalue weighted by Gasteiger charge is 2.08. The van der Waals surface area contributed by atoms with Crippen LogP contribution < -0.4 is 11.1 Å². The van der Waals surface area contributed by atoms with Crippen LogP contribution in [0.4, 0.5) is 10.8 Å². The minimum atomic E-state index is -3.40. The van der Waals surface area contributed by atoms with Gasteiger partial charge in [-0.25, -0.2) is 4.98 Å². The lowest BCUT2D eigenvalue weighted by Crippen LogP contribution is -2.14. The Morgan fingerprint density at radius 1 is 1.28 bits per heavy atom. The molecule has 0 fully saturated rings. The summed E-state index contributed by atoms with van der Waals surface area (Å²) in [6.45, 7) is 1.28. The van der Waals surface area contributed by atoms with E-state index < -0.39 is 109 Å². The van der Waals surface area contributed by atoms with Gasteiger partial charge in [0.15, 0.2) is 5.13 Å². The van der Waals surface area contributed by atoms with Gasteiger partial charge in [-0.05, 0) is 49.3 Å². The number of hydrogen-bond donors (Lipinski definition) is 3. The van der Waals surface area contributed by atoms with Gasteiger partial charge in [-0.3, -0.25) is 4.79 Å². The van der Waals surface area contributed by atoms with Crippen LogP contribution >= 0.6 is 11.3 Å². The van der Waals surface area contributed by atoms with Gasteiger partial charge in [-0.1, -0.05) is 48.2 Å². The normalized spacial score (nSPS) is 21.9. The van der Waals surface area contributed by atoms with E-state index in [1.807, 2.05) is 5.32 Å². The molecule has 0 saturated heterocycles. The van der Waals surface area contributed by atoms with E-state index in [0.717, 1.165) is 11.3 Å². The maximum absolute atomic E-state index is 12.7. The molecule has 0 spiro atoms. The first kappa shape index (κ1) is 8.98. The van der Waals surface area contributed by atoms with E-state index in [-0.39, 0.29) is 16.4 Å². The van der Waals surface area contributed by atoms with Crippen molar-refractivity contribution in [3.63, 3.8) is 0 Å². The molecule has 1 atom stereocenters. The zero-order valence-corrected chi connectivity index (χ0v) is 16.1. The van der Waals surface area contributed by atoms with E-state index in [2.05, 4.69) is 4.98 Å². The van der Waals surface area contributed by atoms with Gasteiger partial charge in [0.25, 0.3) is 0 Å². The van der Waals surface area contributed by atoms with Gasteiger partial charge in [0.1, 0.15) is 0 Å². The molecule has 2 aromatic carbocycles. The number of nitrogens with two attached hydrogens (primary N) is 1. The Bertz CT molecular complexity index is 1580. The van der Waals surface area contributed by atoms with Crippen molar-refractivity contribution in [1.82, 2.24) is 4.98 Å². The average molecular weight is 425 g/mol. The molecule has 5 nitrogen and oxygen atoms in total. The molecule has 0 aliphatic carbocycles. The number of rotatable bonds is 9. The molecule has 0 unspecified atom stereocenters. The second-order valence-electron chi connectivity index (χ2n) is 5.60. The summed E-state index contributed by atoms with van der Waals surface area (Å²) in [7, 11) is 0. The minimum Gasteiger partial charge on any atom is -0.388 e. The van der Waals surface area contributed by atoms with Gasteiger partial charge in [-0.15, -0.1) is 11.3 Å². The summed E-state index contributed by atoms with van der Waals surface area (Å²) in [6, 6.07) is -6.71. The van der Waals surface area contributed by atoms with Crippen LogP contribution in [0.15, 0.2) is 53.7 Å². The molecule has 0 radical (unpaired) electrons. The number of carbonyl (C=O) groups excluding carboxylic acids is 1. The van der Waals surface area contributed by atoms with E-state index in [1.165, 1.54) is 12.3 Å². The predicted molar refractivity (Wildman–Crippen MR) is 119 cm³/mol. The smallest absolute Gasteiger partial charge is 0.230 e. The second-order valence-corrected chi connectivity index (χ2v) is 6.49. The summed E-state index contributed by atoms with van der Waals surface area (Å²) in [4.78, 5) is 16.4. The molecule has 1 heterocycles. The fourth-order valence-corrected chi connectivity index (χ4v) is 2.51. The van der Waals surface area contributed by atoms with Crippen LogP contribution in [0.1, 0.15) is 68.2 Å². The molecule has 4 N–H and O–H groups in total. The van der Waals surface area contributed by atoms with Crippen molar-refractivity contribution < 1.29 is 30.5 Å². The van der Waals surface area contributed by atoms with Crippen LogP contribution in [0, 0.1) is 6.92 Å². The van der Waals surface area contributed by atoms with Crippen molar-refractivity contribution in [3.8, 4) is 0 Å². The number of carbonyl (C=O) groups is 1. The van der Waals surface area contributed by atoms with Crippen LogP contribution in [0.3, 0.4) is 0 Å². The van der Waals surface area contributed by atoms with Crippen molar-refractivity contribution in [2.24, 2.45) is 0 Å². The lowest BCUT2D eigenvalue weighted by Gasteiger charge is -2.11. The molecule has 0 aliphatic heterocycles. The van der Waals surface area contributed by atoms with Crippen LogP contribution in [-0.2, 0) is 17.5 Å². The van der Waals surface area contributed by atoms with Crippen LogP contribution in [0.5, 0.6) is 0 Å². The Labute approximate surface area is 196 Å². The number of nitrogens with one attached hydrogen (secondary N) is 1. The highest BCUT2D eigenvalue weighted by atomic mass is 32.1. The number of nitrogens with zero attached hydrogens (tertiary/aromatic N) is 1. The van der Waals surface area contributed by atoms with Crippen molar-refractivity contribution in [1.29, 1.82) is 0 Å². The minimum absolute atomic E-state index is 0.0258. The van der Waals surface area contributed by atoms with Crippen molar-refractivity contribution in [2.75, 3.05) is 11.1 Å². The highest BCUT2D eigenvalue weighted by molar-refractivity contribution is 7.13. The van der Waals surface area contributed by atoms with Crippen LogP contribution in [0.2, 0.25) is 0 Å². The number of aromatic nitrogens is 1. The molecule has 1 amide bonds. The van der Waals surface area contributed by atoms with Gasteiger partial charge >= 0.3 is 0 Å². The molecule has 0 aliphatic rings. The average Bonchev–Trinajstić information content (AvgIpc) is 3.37. The van der Waals surface area contributed by atoms with Gasteiger partial charge in [0.2, 0.25) is 5.91 Å². The van der Waals surface area contributed by atoms with Gasteiger partial charge in [0, 0.05) is 19.3 Å². The fourth-order valence-electron chi connectivity index (χ4n) is 2.02. The van der Waals surface area contributed by atoms with Crippen LogP contribution in [-0.4, -0.2) is 16.0 Å². The Morgan fingerprint density at radius 2 is 2.00 bits per heavy atom. The molecule has 1 aromatic heterocycles. The summed E-state index contributed by atoms with van der Waals surface area (Å²) in [5.74, 6) is -1.40. The third-order valence-electron chi connectivity index (χ3n) is 3.33. The summed E-state index contributed by atoms with van der Waals surface area (Å²) in [5, 5.41) is 14.0. The quantitative estimate of drug-likeness (QED) is 0.466. The summed E-state index contributed by atoms with van der Waals surface area (Å²) in [6.07, 6.45) is -14.1. The largest absolute Gasteiger partial charge is 0.388 e. The number of amides is 1. The van der Waals surface area contributed by atoms with Crippen LogP contribution in [0.25, 0.3) is 0 Å². The number of aliphatic hydroxyl groups is 1. The number of thiazole rings is 1. The van der Waals surface area contributed by atoms with Gasteiger partial charge < -0.3 is 16.2 Å². The van der Waals surface area contributed by atoms with Gasteiger partial charge in [0.05, 0.1) is 30.5 Å². The maximum Gasteiger partial charge on any atom is 0.230 e. The highest BCUT2D eigenvalue weighted by Crippen LogP contribution is 2.21. The van der Waals surface area contributed by atoms with E-state index in [0.29, 0.717) is 0 Å². The molecule has 0 bridgehead atoms. The molecule has 6 heteroatoms. The topological polar surface area (TPSA) is 88.2 Å². The summed E-state index contributed by atoms with van der Waals surface area (Å²) < 4.78 is 123. The molecule has 29 heavy (non-hydrogen) atoms. The number of benzene rings is 2. The number of hydrogen-bond acceptors (Lipinski definition) is 5. The predicted octanol–water partition coefficient (Wildman–Crippen LogP) is 4.66. The molecule has 152 valence electrons. The first-order valence-electron chi connectivity index (χ1n) is 15.8. The summed E-state index contributed by atoms with van der Waals surface area (Å²) in [5.41, 5.74) is 2.48. The lowest BCUT2D eigenvalue weighted by atomic mass is 10.0. The van der Waals surface area contributed by atoms with E-state index in [9.17, 15) is 9.90 Å². The zero-order valence-electron chi connectivity index (χ0n) is 30.3. The first-order valence-corrected chi connectivity index (χ1v) is 9.23. The number of nitrogen functional groups attached to an aromatic ring is 1. The van der Waals surface area contributed by atoms with Crippen molar-refractivity contribution in [3.05, 3.63) is 76.1 Å².